The largest absolute Gasteiger partial charge is 0.460 e. The Morgan fingerprint density at radius 3 is 3.00 bits per heavy atom. The van der Waals surface area contributed by atoms with Crippen molar-refractivity contribution in [1.82, 2.24) is 15.1 Å². The molecular weight excluding hydrogens is 363 g/mol. The normalized spacial score (nSPS) is 22.5. The van der Waals surface area contributed by atoms with E-state index in [-0.39, 0.29) is 36.0 Å². The molecule has 2 amide bonds. The summed E-state index contributed by atoms with van der Waals surface area (Å²) in [6.45, 7) is 2.15. The molecule has 0 bridgehead atoms. The first-order chi connectivity index (χ1) is 13.6. The van der Waals surface area contributed by atoms with Gasteiger partial charge in [-0.15, -0.1) is 0 Å². The molecule has 0 spiro atoms. The van der Waals surface area contributed by atoms with Crippen molar-refractivity contribution in [2.45, 2.75) is 31.3 Å². The van der Waals surface area contributed by atoms with Gasteiger partial charge in [-0.25, -0.2) is 4.39 Å². The Balaban J connectivity index is 1.34. The number of amides is 2. The molecule has 2 aliphatic heterocycles. The first kappa shape index (κ1) is 18.4. The fraction of sp³-hybridized carbons (Fsp3) is 0.450. The number of hydrogen-bond acceptors (Lipinski definition) is 5. The molecule has 0 aliphatic carbocycles. The second-order valence-electron chi connectivity index (χ2n) is 7.33. The Bertz CT molecular complexity index is 951. The molecule has 2 atom stereocenters. The summed E-state index contributed by atoms with van der Waals surface area (Å²) in [6, 6.07) is 6.25. The molecule has 2 fully saturated rings. The fourth-order valence-corrected chi connectivity index (χ4v) is 4.04. The first-order valence-corrected chi connectivity index (χ1v) is 9.45. The van der Waals surface area contributed by atoms with Gasteiger partial charge in [-0.2, -0.15) is 5.26 Å². The van der Waals surface area contributed by atoms with Crippen molar-refractivity contribution in [3.63, 3.8) is 0 Å². The third kappa shape index (κ3) is 3.45. The number of carbonyl (C=O) groups is 2. The molecular formula is C20H21FN4O3. The number of nitrogens with zero attached hydrogens (tertiary/aromatic N) is 3. The number of furan rings is 1. The molecule has 7 nitrogen and oxygen atoms in total. The van der Waals surface area contributed by atoms with Crippen molar-refractivity contribution < 1.29 is 18.4 Å². The molecule has 2 aliphatic rings. The van der Waals surface area contributed by atoms with Gasteiger partial charge in [0.2, 0.25) is 5.91 Å². The van der Waals surface area contributed by atoms with Gasteiger partial charge in [-0.3, -0.25) is 14.5 Å². The topological polar surface area (TPSA) is 89.6 Å². The van der Waals surface area contributed by atoms with E-state index in [4.69, 9.17) is 9.68 Å². The van der Waals surface area contributed by atoms with Gasteiger partial charge in [0.15, 0.2) is 11.4 Å². The summed E-state index contributed by atoms with van der Waals surface area (Å²) in [6.07, 6.45) is 3.60. The second-order valence-corrected chi connectivity index (χ2v) is 7.33. The van der Waals surface area contributed by atoms with Crippen molar-refractivity contribution in [2.24, 2.45) is 0 Å². The summed E-state index contributed by atoms with van der Waals surface area (Å²) in [4.78, 5) is 28.7. The van der Waals surface area contributed by atoms with Crippen LogP contribution in [0.15, 0.2) is 28.9 Å². The average molecular weight is 384 g/mol. The Kier molecular flexibility index (Phi) is 5.01. The lowest BCUT2D eigenvalue weighted by molar-refractivity contribution is -0.132. The van der Waals surface area contributed by atoms with Crippen LogP contribution in [0, 0.1) is 17.1 Å². The highest BCUT2D eigenvalue weighted by molar-refractivity contribution is 6.06. The maximum absolute atomic E-state index is 13.7. The Hall–Kier alpha value is -2.92. The van der Waals surface area contributed by atoms with E-state index in [0.29, 0.717) is 30.6 Å². The van der Waals surface area contributed by atoms with Crippen LogP contribution in [0.2, 0.25) is 0 Å². The average Bonchev–Trinajstić information content (AvgIpc) is 3.41. The zero-order valence-corrected chi connectivity index (χ0v) is 15.4. The van der Waals surface area contributed by atoms with Crippen LogP contribution in [0.1, 0.15) is 29.6 Å². The van der Waals surface area contributed by atoms with E-state index >= 15 is 0 Å². The molecule has 2 aromatic rings. The van der Waals surface area contributed by atoms with Gasteiger partial charge in [0.25, 0.3) is 5.91 Å². The molecule has 2 saturated heterocycles. The number of nitrogens with one attached hydrogen (secondary N) is 1. The zero-order chi connectivity index (χ0) is 19.7. The number of para-hydroxylation sites is 1. The lowest BCUT2D eigenvalue weighted by atomic mass is 10.1. The van der Waals surface area contributed by atoms with Crippen LogP contribution in [0.3, 0.4) is 0 Å². The van der Waals surface area contributed by atoms with E-state index in [1.165, 1.54) is 12.3 Å². The van der Waals surface area contributed by atoms with E-state index in [2.05, 4.69) is 11.4 Å². The number of likely N-dealkylation sites (tertiary alicyclic amines) is 2. The van der Waals surface area contributed by atoms with Gasteiger partial charge in [0.1, 0.15) is 12.3 Å². The SMILES string of the molecule is N#C[C@@H]1CCCN1C(=O)CN1CC[C@H](NC(=O)c2coc3c(F)cccc23)C1. The molecule has 1 N–H and O–H groups in total. The van der Waals surface area contributed by atoms with Crippen molar-refractivity contribution >= 4 is 22.8 Å². The Labute approximate surface area is 161 Å². The maximum atomic E-state index is 13.7. The summed E-state index contributed by atoms with van der Waals surface area (Å²) in [5.41, 5.74) is 0.377. The summed E-state index contributed by atoms with van der Waals surface area (Å²) < 4.78 is 18.9. The molecule has 28 heavy (non-hydrogen) atoms. The van der Waals surface area contributed by atoms with Gasteiger partial charge in [-0.05, 0) is 25.3 Å². The number of carbonyl (C=O) groups excluding carboxylic acids is 2. The first-order valence-electron chi connectivity index (χ1n) is 9.45. The van der Waals surface area contributed by atoms with E-state index < -0.39 is 5.82 Å². The highest BCUT2D eigenvalue weighted by Crippen LogP contribution is 2.24. The smallest absolute Gasteiger partial charge is 0.255 e. The lowest BCUT2D eigenvalue weighted by Crippen LogP contribution is -2.43. The van der Waals surface area contributed by atoms with Crippen LogP contribution in [-0.4, -0.2) is 59.9 Å². The van der Waals surface area contributed by atoms with Gasteiger partial charge in [0.05, 0.1) is 18.2 Å². The molecule has 0 saturated carbocycles. The highest BCUT2D eigenvalue weighted by atomic mass is 19.1. The van der Waals surface area contributed by atoms with E-state index in [1.54, 1.807) is 17.0 Å². The predicted molar refractivity (Wildman–Crippen MR) is 98.8 cm³/mol. The van der Waals surface area contributed by atoms with E-state index in [9.17, 15) is 14.0 Å². The molecule has 0 unspecified atom stereocenters. The quantitative estimate of drug-likeness (QED) is 0.870. The minimum Gasteiger partial charge on any atom is -0.460 e. The van der Waals surface area contributed by atoms with Crippen molar-refractivity contribution in [3.05, 3.63) is 35.8 Å². The zero-order valence-electron chi connectivity index (χ0n) is 15.4. The van der Waals surface area contributed by atoms with Crippen LogP contribution in [0.25, 0.3) is 11.0 Å². The third-order valence-corrected chi connectivity index (χ3v) is 5.49. The van der Waals surface area contributed by atoms with Gasteiger partial charge in [-0.1, -0.05) is 12.1 Å². The van der Waals surface area contributed by atoms with E-state index in [0.717, 1.165) is 19.3 Å². The summed E-state index contributed by atoms with van der Waals surface area (Å²) in [5, 5.41) is 12.5. The summed E-state index contributed by atoms with van der Waals surface area (Å²) >= 11 is 0. The third-order valence-electron chi connectivity index (χ3n) is 5.49. The van der Waals surface area contributed by atoms with Gasteiger partial charge < -0.3 is 14.6 Å². The minimum atomic E-state index is -0.500. The molecule has 1 aromatic heterocycles. The molecule has 4 rings (SSSR count). The minimum absolute atomic E-state index is 0.0349. The van der Waals surface area contributed by atoms with Crippen LogP contribution in [-0.2, 0) is 4.79 Å². The molecule has 0 radical (unpaired) electrons. The van der Waals surface area contributed by atoms with Gasteiger partial charge >= 0.3 is 0 Å². The van der Waals surface area contributed by atoms with E-state index in [1.807, 2.05) is 4.90 Å². The number of nitriles is 1. The molecule has 146 valence electrons. The number of rotatable bonds is 4. The predicted octanol–water partition coefficient (Wildman–Crippen LogP) is 1.89. The van der Waals surface area contributed by atoms with Crippen LogP contribution < -0.4 is 5.32 Å². The Morgan fingerprint density at radius 1 is 1.32 bits per heavy atom. The number of hydrogen-bond donors (Lipinski definition) is 1. The standard InChI is InChI=1S/C20H21FN4O3/c21-17-5-1-4-15-16(12-28-19(15)17)20(27)23-13-6-8-24(10-13)11-18(26)25-7-2-3-14(25)9-22/h1,4-5,12-14H,2-3,6-8,10-11H2,(H,23,27)/t13-,14-/m0/s1. The van der Waals surface area contributed by atoms with Crippen LogP contribution in [0.5, 0.6) is 0 Å². The summed E-state index contributed by atoms with van der Waals surface area (Å²) in [7, 11) is 0. The fourth-order valence-electron chi connectivity index (χ4n) is 4.04. The lowest BCUT2D eigenvalue weighted by Gasteiger charge is -2.23. The van der Waals surface area contributed by atoms with Crippen LogP contribution >= 0.6 is 0 Å². The molecule has 1 aromatic carbocycles. The van der Waals surface area contributed by atoms with Crippen LogP contribution in [0.4, 0.5) is 4.39 Å². The monoisotopic (exact) mass is 384 g/mol. The maximum Gasteiger partial charge on any atom is 0.255 e. The van der Waals surface area contributed by atoms with Crippen molar-refractivity contribution in [2.75, 3.05) is 26.2 Å². The number of benzene rings is 1. The number of halogens is 1. The second kappa shape index (κ2) is 7.60. The number of fused-ring (bicyclic) bond motifs is 1. The molecule has 3 heterocycles. The Morgan fingerprint density at radius 2 is 2.18 bits per heavy atom. The van der Waals surface area contributed by atoms with Gasteiger partial charge in [0, 0.05) is 31.1 Å². The van der Waals surface area contributed by atoms with Crippen molar-refractivity contribution in [3.8, 4) is 6.07 Å². The highest BCUT2D eigenvalue weighted by Gasteiger charge is 2.32. The summed E-state index contributed by atoms with van der Waals surface area (Å²) in [5.74, 6) is -0.848. The van der Waals surface area contributed by atoms with Crippen molar-refractivity contribution in [1.29, 1.82) is 5.26 Å². The molecule has 8 heteroatoms.